The van der Waals surface area contributed by atoms with Crippen molar-refractivity contribution in [2.45, 2.75) is 30.3 Å². The van der Waals surface area contributed by atoms with Gasteiger partial charge in [0, 0.05) is 24.6 Å². The number of fused-ring (bicyclic) bond motifs is 1. The Morgan fingerprint density at radius 2 is 1.64 bits per heavy atom. The maximum Gasteiger partial charge on any atom is 0.240 e. The zero-order valence-corrected chi connectivity index (χ0v) is 14.4. The van der Waals surface area contributed by atoms with Crippen molar-refractivity contribution < 1.29 is 8.42 Å². The van der Waals surface area contributed by atoms with Crippen molar-refractivity contribution in [3.63, 3.8) is 0 Å². The molecule has 0 spiro atoms. The van der Waals surface area contributed by atoms with Crippen molar-refractivity contribution in [2.75, 3.05) is 0 Å². The van der Waals surface area contributed by atoms with Crippen LogP contribution in [0.1, 0.15) is 12.2 Å². The third-order valence-corrected chi connectivity index (χ3v) is 5.89. The van der Waals surface area contributed by atoms with E-state index in [1.807, 2.05) is 34.9 Å². The van der Waals surface area contributed by atoms with E-state index in [4.69, 9.17) is 0 Å². The lowest BCUT2D eigenvalue weighted by Crippen LogP contribution is -2.41. The molecule has 1 atom stereocenters. The minimum absolute atomic E-state index is 0.184. The number of benzene rings is 2. The lowest BCUT2D eigenvalue weighted by Gasteiger charge is -2.25. The number of sulfonamides is 1. The highest BCUT2D eigenvalue weighted by Gasteiger charge is 2.27. The van der Waals surface area contributed by atoms with Crippen molar-refractivity contribution in [3.8, 4) is 11.4 Å². The molecule has 0 amide bonds. The Balaban J connectivity index is 1.58. The average Bonchev–Trinajstić information content (AvgIpc) is 3.06. The molecule has 1 N–H and O–H groups in total. The van der Waals surface area contributed by atoms with E-state index in [9.17, 15) is 8.42 Å². The first-order chi connectivity index (χ1) is 12.1. The molecule has 3 aromatic rings. The van der Waals surface area contributed by atoms with Gasteiger partial charge in [0.25, 0.3) is 0 Å². The summed E-state index contributed by atoms with van der Waals surface area (Å²) in [6.07, 6.45) is 1.40. The summed E-state index contributed by atoms with van der Waals surface area (Å²) in [7, 11) is -3.53. The molecular formula is C18H18N4O2S. The SMILES string of the molecule is O=S(=O)(N[C@H]1CCc2nnc(-c3ccccc3)n2C1)c1ccccc1. The van der Waals surface area contributed by atoms with Crippen LogP contribution in [-0.2, 0) is 23.0 Å². The van der Waals surface area contributed by atoms with E-state index in [1.54, 1.807) is 30.3 Å². The Bertz CT molecular complexity index is 969. The molecule has 2 heterocycles. The maximum absolute atomic E-state index is 12.6. The maximum atomic E-state index is 12.6. The average molecular weight is 354 g/mol. The van der Waals surface area contributed by atoms with Crippen molar-refractivity contribution in [1.82, 2.24) is 19.5 Å². The first-order valence-electron chi connectivity index (χ1n) is 8.18. The van der Waals surface area contributed by atoms with Crippen LogP contribution in [0.4, 0.5) is 0 Å². The van der Waals surface area contributed by atoms with Crippen LogP contribution in [0.2, 0.25) is 0 Å². The zero-order chi connectivity index (χ0) is 17.3. The van der Waals surface area contributed by atoms with Crippen LogP contribution in [0.15, 0.2) is 65.6 Å². The summed E-state index contributed by atoms with van der Waals surface area (Å²) in [5.74, 6) is 1.67. The largest absolute Gasteiger partial charge is 0.309 e. The van der Waals surface area contributed by atoms with Gasteiger partial charge in [-0.25, -0.2) is 13.1 Å². The van der Waals surface area contributed by atoms with Crippen LogP contribution in [0.5, 0.6) is 0 Å². The Labute approximate surface area is 146 Å². The summed E-state index contributed by atoms with van der Waals surface area (Å²) in [6.45, 7) is 0.526. The lowest BCUT2D eigenvalue weighted by atomic mass is 10.1. The molecule has 128 valence electrons. The number of hydrogen-bond acceptors (Lipinski definition) is 4. The van der Waals surface area contributed by atoms with Gasteiger partial charge in [-0.05, 0) is 18.6 Å². The van der Waals surface area contributed by atoms with Gasteiger partial charge in [-0.1, -0.05) is 48.5 Å². The number of nitrogens with zero attached hydrogens (tertiary/aromatic N) is 3. The third kappa shape index (κ3) is 3.20. The predicted molar refractivity (Wildman–Crippen MR) is 94.3 cm³/mol. The number of nitrogens with one attached hydrogen (secondary N) is 1. The fraction of sp³-hybridized carbons (Fsp3) is 0.222. The summed E-state index contributed by atoms with van der Waals surface area (Å²) in [4.78, 5) is 0.285. The highest BCUT2D eigenvalue weighted by atomic mass is 32.2. The second-order valence-corrected chi connectivity index (χ2v) is 7.80. The first kappa shape index (κ1) is 16.0. The van der Waals surface area contributed by atoms with Crippen molar-refractivity contribution in [2.24, 2.45) is 0 Å². The van der Waals surface area contributed by atoms with Gasteiger partial charge in [-0.3, -0.25) is 0 Å². The Hall–Kier alpha value is -2.51. The first-order valence-corrected chi connectivity index (χ1v) is 9.67. The molecule has 4 rings (SSSR count). The normalized spacial score (nSPS) is 17.2. The lowest BCUT2D eigenvalue weighted by molar-refractivity contribution is 0.423. The molecule has 7 heteroatoms. The van der Waals surface area contributed by atoms with Crippen LogP contribution in [0.25, 0.3) is 11.4 Å². The molecule has 0 unspecified atom stereocenters. The molecule has 0 saturated heterocycles. The zero-order valence-electron chi connectivity index (χ0n) is 13.5. The van der Waals surface area contributed by atoms with Crippen LogP contribution in [-0.4, -0.2) is 29.2 Å². The molecule has 1 aromatic heterocycles. The summed E-state index contributed by atoms with van der Waals surface area (Å²) in [6, 6.07) is 18.1. The van der Waals surface area contributed by atoms with Gasteiger partial charge >= 0.3 is 0 Å². The van der Waals surface area contributed by atoms with Gasteiger partial charge in [-0.15, -0.1) is 10.2 Å². The minimum Gasteiger partial charge on any atom is -0.309 e. The van der Waals surface area contributed by atoms with Crippen LogP contribution in [0, 0.1) is 0 Å². The highest BCUT2D eigenvalue weighted by molar-refractivity contribution is 7.89. The van der Waals surface area contributed by atoms with Crippen LogP contribution < -0.4 is 4.72 Å². The molecule has 0 aliphatic carbocycles. The van der Waals surface area contributed by atoms with E-state index in [0.717, 1.165) is 17.2 Å². The molecule has 0 fully saturated rings. The predicted octanol–water partition coefficient (Wildman–Crippen LogP) is 2.24. The van der Waals surface area contributed by atoms with Gasteiger partial charge in [-0.2, -0.15) is 0 Å². The fourth-order valence-corrected chi connectivity index (χ4v) is 4.39. The minimum atomic E-state index is -3.53. The molecule has 0 bridgehead atoms. The summed E-state index contributed by atoms with van der Waals surface area (Å²) < 4.78 is 29.9. The number of aromatic nitrogens is 3. The van der Waals surface area contributed by atoms with E-state index in [1.165, 1.54) is 0 Å². The number of aryl methyl sites for hydroxylation is 1. The Morgan fingerprint density at radius 1 is 0.960 bits per heavy atom. The van der Waals surface area contributed by atoms with Crippen molar-refractivity contribution in [3.05, 3.63) is 66.5 Å². The second-order valence-electron chi connectivity index (χ2n) is 6.09. The molecule has 0 saturated carbocycles. The van der Waals surface area contributed by atoms with Crippen molar-refractivity contribution in [1.29, 1.82) is 0 Å². The summed E-state index contributed by atoms with van der Waals surface area (Å²) >= 11 is 0. The monoisotopic (exact) mass is 354 g/mol. The van der Waals surface area contributed by atoms with Crippen LogP contribution in [0.3, 0.4) is 0 Å². The molecule has 25 heavy (non-hydrogen) atoms. The highest BCUT2D eigenvalue weighted by Crippen LogP contribution is 2.23. The molecule has 1 aliphatic rings. The van der Waals surface area contributed by atoms with Crippen molar-refractivity contribution >= 4 is 10.0 Å². The standard InChI is InChI=1S/C18H18N4O2S/c23-25(24,16-9-5-2-6-10-16)21-15-11-12-17-19-20-18(22(17)13-15)14-7-3-1-4-8-14/h1-10,15,21H,11-13H2/t15-/m0/s1. The number of rotatable bonds is 4. The molecule has 6 nitrogen and oxygen atoms in total. The molecule has 0 radical (unpaired) electrons. The van der Waals surface area contributed by atoms with E-state index in [0.29, 0.717) is 19.4 Å². The van der Waals surface area contributed by atoms with E-state index in [2.05, 4.69) is 14.9 Å². The third-order valence-electron chi connectivity index (χ3n) is 4.35. The van der Waals surface area contributed by atoms with Crippen LogP contribution >= 0.6 is 0 Å². The fourth-order valence-electron chi connectivity index (χ4n) is 3.11. The molecule has 2 aromatic carbocycles. The Morgan fingerprint density at radius 3 is 2.36 bits per heavy atom. The van der Waals surface area contributed by atoms with E-state index in [-0.39, 0.29) is 10.9 Å². The summed E-state index contributed by atoms with van der Waals surface area (Å²) in [5, 5.41) is 8.55. The van der Waals surface area contributed by atoms with Gasteiger partial charge in [0.15, 0.2) is 5.82 Å². The quantitative estimate of drug-likeness (QED) is 0.779. The number of hydrogen-bond donors (Lipinski definition) is 1. The smallest absolute Gasteiger partial charge is 0.240 e. The van der Waals surface area contributed by atoms with Gasteiger partial charge in [0.05, 0.1) is 4.90 Å². The van der Waals surface area contributed by atoms with E-state index < -0.39 is 10.0 Å². The molecule has 1 aliphatic heterocycles. The molecular weight excluding hydrogens is 336 g/mol. The van der Waals surface area contributed by atoms with Gasteiger partial charge in [0.2, 0.25) is 10.0 Å². The van der Waals surface area contributed by atoms with Gasteiger partial charge < -0.3 is 4.57 Å². The topological polar surface area (TPSA) is 76.9 Å². The second kappa shape index (κ2) is 6.42. The van der Waals surface area contributed by atoms with E-state index >= 15 is 0 Å². The van der Waals surface area contributed by atoms with Gasteiger partial charge in [0.1, 0.15) is 5.82 Å². The Kier molecular flexibility index (Phi) is 4.10. The summed E-state index contributed by atoms with van der Waals surface area (Å²) in [5.41, 5.74) is 0.979.